The number of nitrogens with one attached hydrogen (secondary N) is 1. The summed E-state index contributed by atoms with van der Waals surface area (Å²) in [5.41, 5.74) is 3.17. The molecule has 1 amide bonds. The van der Waals surface area contributed by atoms with Gasteiger partial charge in [0.05, 0.1) is 17.5 Å². The van der Waals surface area contributed by atoms with E-state index >= 15 is 0 Å². The van der Waals surface area contributed by atoms with Crippen molar-refractivity contribution in [3.63, 3.8) is 0 Å². The zero-order valence-electron chi connectivity index (χ0n) is 13.6. The topological polar surface area (TPSA) is 46.9 Å². The third-order valence-electron chi connectivity index (χ3n) is 3.98. The summed E-state index contributed by atoms with van der Waals surface area (Å²) in [5.74, 6) is -0.636. The number of hydrogen-bond donors (Lipinski definition) is 1. The van der Waals surface area contributed by atoms with Crippen molar-refractivity contribution in [1.29, 1.82) is 0 Å². The van der Waals surface area contributed by atoms with Crippen molar-refractivity contribution in [3.8, 4) is 5.69 Å². The van der Waals surface area contributed by atoms with E-state index in [1.165, 1.54) is 16.9 Å². The van der Waals surface area contributed by atoms with Crippen LogP contribution >= 0.6 is 0 Å². The van der Waals surface area contributed by atoms with Crippen molar-refractivity contribution < 1.29 is 9.18 Å². The number of hydrogen-bond acceptors (Lipinski definition) is 2. The molecule has 0 fully saturated rings. The van der Waals surface area contributed by atoms with Gasteiger partial charge in [0.15, 0.2) is 0 Å². The molecular formula is C19H18FN3O. The van der Waals surface area contributed by atoms with Crippen molar-refractivity contribution >= 4 is 11.6 Å². The summed E-state index contributed by atoms with van der Waals surface area (Å²) in [6.45, 7) is 3.78. The van der Waals surface area contributed by atoms with E-state index in [9.17, 15) is 9.18 Å². The highest BCUT2D eigenvalue weighted by Crippen LogP contribution is 2.20. The zero-order chi connectivity index (χ0) is 17.1. The Morgan fingerprint density at radius 1 is 1.17 bits per heavy atom. The number of aromatic nitrogens is 2. The summed E-state index contributed by atoms with van der Waals surface area (Å²) in [5, 5.41) is 7.08. The molecule has 3 aromatic rings. The fourth-order valence-electron chi connectivity index (χ4n) is 2.64. The Hall–Kier alpha value is -2.95. The third kappa shape index (κ3) is 2.93. The summed E-state index contributed by atoms with van der Waals surface area (Å²) < 4.78 is 15.4. The molecule has 0 bridgehead atoms. The molecule has 1 heterocycles. The molecule has 3 rings (SSSR count). The van der Waals surface area contributed by atoms with Gasteiger partial charge >= 0.3 is 0 Å². The second-order valence-electron chi connectivity index (χ2n) is 5.47. The maximum Gasteiger partial charge on any atom is 0.259 e. The highest BCUT2D eigenvalue weighted by Gasteiger charge is 2.17. The molecule has 0 aliphatic rings. The Morgan fingerprint density at radius 3 is 2.62 bits per heavy atom. The van der Waals surface area contributed by atoms with Crippen LogP contribution in [0.3, 0.4) is 0 Å². The molecule has 0 saturated carbocycles. The number of aryl methyl sites for hydroxylation is 1. The number of carbonyl (C=O) groups is 1. The fourth-order valence-corrected chi connectivity index (χ4v) is 2.64. The van der Waals surface area contributed by atoms with Crippen LogP contribution in [0.4, 0.5) is 10.1 Å². The van der Waals surface area contributed by atoms with Gasteiger partial charge in [-0.15, -0.1) is 0 Å². The molecule has 5 heteroatoms. The SMILES string of the molecule is CCc1ccccc1NC(=O)c1cnn(-c2ccccc2F)c1C. The summed E-state index contributed by atoms with van der Waals surface area (Å²) >= 11 is 0. The molecule has 0 atom stereocenters. The molecule has 1 N–H and O–H groups in total. The molecule has 0 aliphatic heterocycles. The van der Waals surface area contributed by atoms with Gasteiger partial charge in [-0.3, -0.25) is 4.79 Å². The Balaban J connectivity index is 1.91. The minimum atomic E-state index is -0.382. The number of nitrogens with zero attached hydrogens (tertiary/aromatic N) is 2. The van der Waals surface area contributed by atoms with Gasteiger partial charge in [0.25, 0.3) is 5.91 Å². The van der Waals surface area contributed by atoms with Crippen LogP contribution in [0.1, 0.15) is 28.5 Å². The minimum absolute atomic E-state index is 0.254. The van der Waals surface area contributed by atoms with Crippen molar-refractivity contribution in [2.75, 3.05) is 5.32 Å². The van der Waals surface area contributed by atoms with Crippen LogP contribution in [0, 0.1) is 12.7 Å². The lowest BCUT2D eigenvalue weighted by atomic mass is 10.1. The van der Waals surface area contributed by atoms with Crippen LogP contribution in [0.5, 0.6) is 0 Å². The summed E-state index contributed by atoms with van der Waals surface area (Å²) in [6, 6.07) is 14.0. The predicted octanol–water partition coefficient (Wildman–Crippen LogP) is 4.13. The van der Waals surface area contributed by atoms with Crippen LogP contribution < -0.4 is 5.32 Å². The summed E-state index contributed by atoms with van der Waals surface area (Å²) in [4.78, 5) is 12.6. The number of carbonyl (C=O) groups excluding carboxylic acids is 1. The second-order valence-corrected chi connectivity index (χ2v) is 5.47. The monoisotopic (exact) mass is 323 g/mol. The summed E-state index contributed by atoms with van der Waals surface area (Å²) in [6.07, 6.45) is 2.29. The molecular weight excluding hydrogens is 305 g/mol. The van der Waals surface area contributed by atoms with E-state index in [4.69, 9.17) is 0 Å². The van der Waals surface area contributed by atoms with Crippen molar-refractivity contribution in [2.45, 2.75) is 20.3 Å². The Bertz CT molecular complexity index is 886. The number of amides is 1. The van der Waals surface area contributed by atoms with E-state index in [0.29, 0.717) is 16.9 Å². The first-order valence-corrected chi connectivity index (χ1v) is 7.80. The normalized spacial score (nSPS) is 10.6. The van der Waals surface area contributed by atoms with Gasteiger partial charge in [0, 0.05) is 5.69 Å². The first kappa shape index (κ1) is 15.9. The van der Waals surface area contributed by atoms with Crippen molar-refractivity contribution in [3.05, 3.63) is 77.4 Å². The third-order valence-corrected chi connectivity index (χ3v) is 3.98. The van der Waals surface area contributed by atoms with Crippen LogP contribution in [0.2, 0.25) is 0 Å². The van der Waals surface area contributed by atoms with Gasteiger partial charge in [-0.25, -0.2) is 9.07 Å². The van der Waals surface area contributed by atoms with E-state index in [1.807, 2.05) is 31.2 Å². The molecule has 4 nitrogen and oxygen atoms in total. The standard InChI is InChI=1S/C19H18FN3O/c1-3-14-8-4-6-10-17(14)22-19(24)15-12-21-23(13(15)2)18-11-7-5-9-16(18)20/h4-12H,3H2,1-2H3,(H,22,24). The van der Waals surface area contributed by atoms with Crippen molar-refractivity contribution in [2.24, 2.45) is 0 Å². The maximum absolute atomic E-state index is 13.9. The van der Waals surface area contributed by atoms with E-state index in [0.717, 1.165) is 17.7 Å². The fraction of sp³-hybridized carbons (Fsp3) is 0.158. The lowest BCUT2D eigenvalue weighted by molar-refractivity contribution is 0.102. The van der Waals surface area contributed by atoms with E-state index in [2.05, 4.69) is 10.4 Å². The van der Waals surface area contributed by atoms with E-state index < -0.39 is 0 Å². The average molecular weight is 323 g/mol. The van der Waals surface area contributed by atoms with Crippen LogP contribution in [0.15, 0.2) is 54.7 Å². The smallest absolute Gasteiger partial charge is 0.259 e. The van der Waals surface area contributed by atoms with Gasteiger partial charge in [0.2, 0.25) is 0 Å². The van der Waals surface area contributed by atoms with E-state index in [-0.39, 0.29) is 11.7 Å². The lowest BCUT2D eigenvalue weighted by Crippen LogP contribution is -2.14. The minimum Gasteiger partial charge on any atom is -0.322 e. The number of benzene rings is 2. The molecule has 0 unspecified atom stereocenters. The van der Waals surface area contributed by atoms with Gasteiger partial charge in [-0.05, 0) is 37.1 Å². The van der Waals surface area contributed by atoms with Crippen LogP contribution in [-0.2, 0) is 6.42 Å². The molecule has 0 radical (unpaired) electrons. The molecule has 2 aromatic carbocycles. The second kappa shape index (κ2) is 6.66. The highest BCUT2D eigenvalue weighted by atomic mass is 19.1. The quantitative estimate of drug-likeness (QED) is 0.784. The number of anilines is 1. The Kier molecular flexibility index (Phi) is 4.42. The first-order chi connectivity index (χ1) is 11.6. The number of halogens is 1. The largest absolute Gasteiger partial charge is 0.322 e. The molecule has 0 spiro atoms. The number of rotatable bonds is 4. The predicted molar refractivity (Wildman–Crippen MR) is 92.0 cm³/mol. The zero-order valence-corrected chi connectivity index (χ0v) is 13.6. The Morgan fingerprint density at radius 2 is 1.88 bits per heavy atom. The van der Waals surface area contributed by atoms with Gasteiger partial charge < -0.3 is 5.32 Å². The van der Waals surface area contributed by atoms with E-state index in [1.54, 1.807) is 25.1 Å². The van der Waals surface area contributed by atoms with Crippen LogP contribution in [0.25, 0.3) is 5.69 Å². The Labute approximate surface area is 139 Å². The molecule has 24 heavy (non-hydrogen) atoms. The van der Waals surface area contributed by atoms with Gasteiger partial charge in [-0.1, -0.05) is 37.3 Å². The van der Waals surface area contributed by atoms with Crippen LogP contribution in [-0.4, -0.2) is 15.7 Å². The van der Waals surface area contributed by atoms with Gasteiger partial charge in [0.1, 0.15) is 11.5 Å². The molecule has 122 valence electrons. The highest BCUT2D eigenvalue weighted by molar-refractivity contribution is 6.05. The first-order valence-electron chi connectivity index (χ1n) is 7.80. The molecule has 0 aliphatic carbocycles. The van der Waals surface area contributed by atoms with Crippen molar-refractivity contribution in [1.82, 2.24) is 9.78 Å². The van der Waals surface area contributed by atoms with Gasteiger partial charge in [-0.2, -0.15) is 5.10 Å². The molecule has 1 aromatic heterocycles. The average Bonchev–Trinajstić information content (AvgIpc) is 2.97. The molecule has 0 saturated heterocycles. The summed E-state index contributed by atoms with van der Waals surface area (Å²) in [7, 11) is 0. The lowest BCUT2D eigenvalue weighted by Gasteiger charge is -2.10. The number of para-hydroxylation sites is 2. The maximum atomic E-state index is 13.9.